The molecule has 0 amide bonds. The van der Waals surface area contributed by atoms with Crippen LogP contribution >= 0.6 is 0 Å². The van der Waals surface area contributed by atoms with Crippen LogP contribution in [-0.4, -0.2) is 16.8 Å². The number of aryl methyl sites for hydroxylation is 2. The molecule has 4 rings (SSSR count). The minimum absolute atomic E-state index is 0.255. The molecule has 27 heavy (non-hydrogen) atoms. The van der Waals surface area contributed by atoms with Crippen LogP contribution in [0.25, 0.3) is 0 Å². The number of nitrogens with one attached hydrogen (secondary N) is 2. The largest absolute Gasteiger partial charge is 0.454 e. The van der Waals surface area contributed by atoms with E-state index in [1.54, 1.807) is 6.20 Å². The number of anilines is 4. The number of fused-ring (bicyclic) bond motifs is 1. The number of hydrogen-bond acceptors (Lipinski definition) is 6. The van der Waals surface area contributed by atoms with E-state index in [4.69, 9.17) is 9.47 Å². The summed E-state index contributed by atoms with van der Waals surface area (Å²) in [6, 6.07) is 13.9. The van der Waals surface area contributed by atoms with Gasteiger partial charge < -0.3 is 20.1 Å². The topological polar surface area (TPSA) is 68.3 Å². The molecule has 3 aromatic rings. The van der Waals surface area contributed by atoms with E-state index in [0.717, 1.165) is 41.5 Å². The number of para-hydroxylation sites is 1. The van der Waals surface area contributed by atoms with Crippen LogP contribution in [0.3, 0.4) is 0 Å². The van der Waals surface area contributed by atoms with Gasteiger partial charge in [0.15, 0.2) is 11.5 Å². The summed E-state index contributed by atoms with van der Waals surface area (Å²) in [5.74, 6) is 2.74. The van der Waals surface area contributed by atoms with E-state index in [2.05, 4.69) is 52.6 Å². The molecule has 0 spiro atoms. The van der Waals surface area contributed by atoms with Crippen molar-refractivity contribution >= 4 is 23.1 Å². The third-order valence-electron chi connectivity index (χ3n) is 4.54. The molecule has 2 N–H and O–H groups in total. The first kappa shape index (κ1) is 17.1. The Balaban J connectivity index is 1.57. The predicted molar refractivity (Wildman–Crippen MR) is 106 cm³/mol. The molecule has 0 fully saturated rings. The number of rotatable bonds is 6. The first-order valence-corrected chi connectivity index (χ1v) is 9.14. The summed E-state index contributed by atoms with van der Waals surface area (Å²) >= 11 is 0. The molecule has 6 heteroatoms. The fourth-order valence-corrected chi connectivity index (χ4v) is 3.12. The lowest BCUT2D eigenvalue weighted by molar-refractivity contribution is 0.174. The molecule has 0 aliphatic carbocycles. The van der Waals surface area contributed by atoms with E-state index in [0.29, 0.717) is 5.95 Å². The van der Waals surface area contributed by atoms with E-state index < -0.39 is 0 Å². The first-order chi connectivity index (χ1) is 13.3. The highest BCUT2D eigenvalue weighted by Gasteiger charge is 2.14. The van der Waals surface area contributed by atoms with Crippen molar-refractivity contribution < 1.29 is 9.47 Å². The average Bonchev–Trinajstić information content (AvgIpc) is 3.16. The van der Waals surface area contributed by atoms with Gasteiger partial charge in [-0.15, -0.1) is 0 Å². The molecule has 0 atom stereocenters. The van der Waals surface area contributed by atoms with Gasteiger partial charge in [-0.3, -0.25) is 0 Å². The van der Waals surface area contributed by atoms with Gasteiger partial charge in [0.2, 0.25) is 12.7 Å². The highest BCUT2D eigenvalue weighted by atomic mass is 16.7. The number of aromatic nitrogens is 2. The van der Waals surface area contributed by atoms with Gasteiger partial charge in [-0.1, -0.05) is 32.0 Å². The summed E-state index contributed by atoms with van der Waals surface area (Å²) < 4.78 is 10.8. The maximum absolute atomic E-state index is 5.42. The smallest absolute Gasteiger partial charge is 0.231 e. The Morgan fingerprint density at radius 1 is 0.926 bits per heavy atom. The van der Waals surface area contributed by atoms with Crippen LogP contribution in [0.2, 0.25) is 0 Å². The van der Waals surface area contributed by atoms with Crippen LogP contribution < -0.4 is 20.1 Å². The van der Waals surface area contributed by atoms with Gasteiger partial charge in [-0.25, -0.2) is 4.98 Å². The zero-order chi connectivity index (χ0) is 18.6. The third-order valence-corrected chi connectivity index (χ3v) is 4.54. The summed E-state index contributed by atoms with van der Waals surface area (Å²) in [5, 5.41) is 6.69. The van der Waals surface area contributed by atoms with Crippen molar-refractivity contribution in [3.8, 4) is 11.5 Å². The molecule has 0 radical (unpaired) electrons. The number of ether oxygens (including phenoxy) is 2. The molecule has 2 aromatic carbocycles. The Kier molecular flexibility index (Phi) is 4.78. The second-order valence-electron chi connectivity index (χ2n) is 6.24. The van der Waals surface area contributed by atoms with Crippen LogP contribution in [0.5, 0.6) is 11.5 Å². The van der Waals surface area contributed by atoms with Crippen molar-refractivity contribution in [3.05, 3.63) is 59.8 Å². The number of nitrogens with zero attached hydrogens (tertiary/aromatic N) is 2. The van der Waals surface area contributed by atoms with Crippen molar-refractivity contribution in [3.63, 3.8) is 0 Å². The third kappa shape index (κ3) is 3.65. The molecule has 138 valence electrons. The Labute approximate surface area is 158 Å². The normalized spacial score (nSPS) is 12.1. The summed E-state index contributed by atoms with van der Waals surface area (Å²) in [6.07, 6.45) is 3.66. The minimum atomic E-state index is 0.255. The fourth-order valence-electron chi connectivity index (χ4n) is 3.12. The van der Waals surface area contributed by atoms with Gasteiger partial charge in [0.1, 0.15) is 5.82 Å². The zero-order valence-corrected chi connectivity index (χ0v) is 15.5. The van der Waals surface area contributed by atoms with Crippen molar-refractivity contribution in [2.24, 2.45) is 0 Å². The van der Waals surface area contributed by atoms with Crippen molar-refractivity contribution in [1.29, 1.82) is 0 Å². The second kappa shape index (κ2) is 7.53. The van der Waals surface area contributed by atoms with Gasteiger partial charge >= 0.3 is 0 Å². The van der Waals surface area contributed by atoms with E-state index in [9.17, 15) is 0 Å². The maximum Gasteiger partial charge on any atom is 0.231 e. The molecule has 1 aliphatic heterocycles. The van der Waals surface area contributed by atoms with E-state index in [-0.39, 0.29) is 6.79 Å². The van der Waals surface area contributed by atoms with Gasteiger partial charge in [-0.05, 0) is 42.2 Å². The lowest BCUT2D eigenvalue weighted by Gasteiger charge is -2.15. The van der Waals surface area contributed by atoms with Crippen LogP contribution in [-0.2, 0) is 12.8 Å². The molecular weight excluding hydrogens is 340 g/mol. The van der Waals surface area contributed by atoms with Crippen LogP contribution in [0.4, 0.5) is 23.1 Å². The quantitative estimate of drug-likeness (QED) is 0.655. The van der Waals surface area contributed by atoms with Crippen LogP contribution in [0, 0.1) is 0 Å². The molecule has 1 aromatic heterocycles. The molecule has 2 heterocycles. The summed E-state index contributed by atoms with van der Waals surface area (Å²) in [5.41, 5.74) is 4.53. The first-order valence-electron chi connectivity index (χ1n) is 9.14. The van der Waals surface area contributed by atoms with Crippen LogP contribution in [0.1, 0.15) is 25.0 Å². The molecule has 0 saturated heterocycles. The van der Waals surface area contributed by atoms with E-state index >= 15 is 0 Å². The Morgan fingerprint density at radius 3 is 2.48 bits per heavy atom. The summed E-state index contributed by atoms with van der Waals surface area (Å²) in [6.45, 7) is 4.57. The van der Waals surface area contributed by atoms with Crippen LogP contribution in [0.15, 0.2) is 48.7 Å². The van der Waals surface area contributed by atoms with Gasteiger partial charge in [0.25, 0.3) is 0 Å². The standard InChI is InChI=1S/C21H22N4O2/c1-3-14-6-5-7-15(4-2)20(14)24-19-10-11-22-21(25-19)23-16-8-9-17-18(12-16)27-13-26-17/h5-12H,3-4,13H2,1-2H3,(H2,22,23,24,25). The monoisotopic (exact) mass is 362 g/mol. The SMILES string of the molecule is CCc1cccc(CC)c1Nc1ccnc(Nc2ccc3c(c2)OCO3)n1. The summed E-state index contributed by atoms with van der Waals surface area (Å²) in [4.78, 5) is 8.92. The number of hydrogen-bond donors (Lipinski definition) is 2. The molecule has 0 bridgehead atoms. The predicted octanol–water partition coefficient (Wildman–Crippen LogP) is 4.82. The zero-order valence-electron chi connectivity index (χ0n) is 15.5. The number of benzene rings is 2. The fraction of sp³-hybridized carbons (Fsp3) is 0.238. The van der Waals surface area contributed by atoms with Gasteiger partial charge in [0.05, 0.1) is 0 Å². The van der Waals surface area contributed by atoms with Gasteiger partial charge in [-0.2, -0.15) is 4.98 Å². The van der Waals surface area contributed by atoms with Crippen molar-refractivity contribution in [1.82, 2.24) is 9.97 Å². The maximum atomic E-state index is 5.42. The summed E-state index contributed by atoms with van der Waals surface area (Å²) in [7, 11) is 0. The van der Waals surface area contributed by atoms with Gasteiger partial charge in [0, 0.05) is 23.6 Å². The highest BCUT2D eigenvalue weighted by Crippen LogP contribution is 2.35. The Morgan fingerprint density at radius 2 is 1.70 bits per heavy atom. The Hall–Kier alpha value is -3.28. The molecule has 0 unspecified atom stereocenters. The molecule has 0 saturated carbocycles. The molecule has 6 nitrogen and oxygen atoms in total. The van der Waals surface area contributed by atoms with E-state index in [1.807, 2.05) is 24.3 Å². The van der Waals surface area contributed by atoms with Crippen molar-refractivity contribution in [2.75, 3.05) is 17.4 Å². The lowest BCUT2D eigenvalue weighted by Crippen LogP contribution is -2.04. The Bertz CT molecular complexity index is 936. The van der Waals surface area contributed by atoms with Crippen molar-refractivity contribution in [2.45, 2.75) is 26.7 Å². The highest BCUT2D eigenvalue weighted by molar-refractivity contribution is 5.66. The second-order valence-corrected chi connectivity index (χ2v) is 6.24. The van der Waals surface area contributed by atoms with E-state index in [1.165, 1.54) is 11.1 Å². The average molecular weight is 362 g/mol. The molecule has 1 aliphatic rings. The molecular formula is C21H22N4O2. The minimum Gasteiger partial charge on any atom is -0.454 e. The lowest BCUT2D eigenvalue weighted by atomic mass is 10.0.